The third-order valence-electron chi connectivity index (χ3n) is 1.93. The van der Waals surface area contributed by atoms with Crippen molar-refractivity contribution >= 4 is 44.2 Å². The first-order chi connectivity index (χ1) is 7.60. The minimum absolute atomic E-state index is 0.0522. The molecule has 0 saturated heterocycles. The summed E-state index contributed by atoms with van der Waals surface area (Å²) >= 11 is 5.65. The Kier molecular flexibility index (Phi) is 4.78. The number of halogens is 2. The number of hydrogen-bond donors (Lipinski definition) is 1. The van der Waals surface area contributed by atoms with Gasteiger partial charge in [-0.1, -0.05) is 15.9 Å². The number of rotatable bonds is 2. The van der Waals surface area contributed by atoms with Gasteiger partial charge >= 0.3 is 0 Å². The zero-order valence-corrected chi connectivity index (χ0v) is 12.1. The van der Waals surface area contributed by atoms with Crippen LogP contribution in [0.1, 0.15) is 5.56 Å². The van der Waals surface area contributed by atoms with Crippen molar-refractivity contribution in [3.8, 4) is 12.1 Å². The summed E-state index contributed by atoms with van der Waals surface area (Å²) in [5, 5.41) is 20.1. The molecule has 0 fully saturated rings. The van der Waals surface area contributed by atoms with Crippen molar-refractivity contribution in [1.29, 1.82) is 10.5 Å². The van der Waals surface area contributed by atoms with E-state index in [4.69, 9.17) is 10.5 Å². The third kappa shape index (κ3) is 2.97. The maximum Gasteiger partial charge on any atom is 0.145 e. The fourth-order valence-electron chi connectivity index (χ4n) is 1.01. The molecule has 5 heteroatoms. The Labute approximate surface area is 116 Å². The van der Waals surface area contributed by atoms with E-state index in [1.54, 1.807) is 12.1 Å². The lowest BCUT2D eigenvalue weighted by molar-refractivity contribution is 1.37. The van der Waals surface area contributed by atoms with Gasteiger partial charge in [-0.2, -0.15) is 10.5 Å². The molecule has 1 aromatic carbocycles. The summed E-state index contributed by atoms with van der Waals surface area (Å²) in [4.78, 5) is 0. The Morgan fingerprint density at radius 3 is 2.62 bits per heavy atom. The number of hydrogen-bond acceptors (Lipinski definition) is 3. The quantitative estimate of drug-likeness (QED) is 0.621. The van der Waals surface area contributed by atoms with Crippen molar-refractivity contribution in [3.05, 3.63) is 37.5 Å². The van der Waals surface area contributed by atoms with Crippen LogP contribution in [-0.4, -0.2) is 0 Å². The fourth-order valence-corrected chi connectivity index (χ4v) is 2.34. The monoisotopic (exact) mass is 387 g/mol. The highest BCUT2D eigenvalue weighted by atomic mass is 127. The topological polar surface area (TPSA) is 59.6 Å². The Morgan fingerprint density at radius 1 is 1.44 bits per heavy atom. The second-order valence-corrected chi connectivity index (χ2v) is 4.89. The summed E-state index contributed by atoms with van der Waals surface area (Å²) in [7, 11) is 0. The average molecular weight is 388 g/mol. The number of benzene rings is 1. The molecule has 0 aliphatic carbocycles. The van der Waals surface area contributed by atoms with Crippen molar-refractivity contribution in [2.45, 2.75) is 6.92 Å². The Balaban J connectivity index is 3.02. The molecular formula is C11H7BrIN3. The third-order valence-corrected chi connectivity index (χ3v) is 4.18. The minimum Gasteiger partial charge on any atom is -0.359 e. The molecule has 0 aliphatic heterocycles. The van der Waals surface area contributed by atoms with Crippen LogP contribution in [0.15, 0.2) is 28.4 Å². The Morgan fingerprint density at radius 2 is 2.06 bits per heavy atom. The standard InChI is InChI=1S/C11H7BrIN3/c1-7-9(12)2-3-10(11(7)13)16-6-8(4-14)5-15/h2-3,6,16H,1H3. The van der Waals surface area contributed by atoms with Crippen LogP contribution in [0, 0.1) is 33.2 Å². The van der Waals surface area contributed by atoms with E-state index in [2.05, 4.69) is 43.8 Å². The fraction of sp³-hybridized carbons (Fsp3) is 0.0909. The number of anilines is 1. The maximum absolute atomic E-state index is 8.58. The molecule has 0 amide bonds. The maximum atomic E-state index is 8.58. The van der Waals surface area contributed by atoms with Gasteiger partial charge in [-0.25, -0.2) is 0 Å². The smallest absolute Gasteiger partial charge is 0.145 e. The van der Waals surface area contributed by atoms with Crippen molar-refractivity contribution in [2.24, 2.45) is 0 Å². The molecule has 0 aliphatic rings. The first-order valence-electron chi connectivity index (χ1n) is 4.31. The van der Waals surface area contributed by atoms with Gasteiger partial charge in [0.05, 0.1) is 5.69 Å². The van der Waals surface area contributed by atoms with Gasteiger partial charge in [0.2, 0.25) is 0 Å². The van der Waals surface area contributed by atoms with Gasteiger partial charge in [-0.3, -0.25) is 0 Å². The Bertz CT molecular complexity index is 507. The molecule has 1 N–H and O–H groups in total. The molecule has 0 saturated carbocycles. The first-order valence-corrected chi connectivity index (χ1v) is 6.18. The van der Waals surface area contributed by atoms with E-state index in [1.807, 2.05) is 19.1 Å². The van der Waals surface area contributed by atoms with Crippen LogP contribution in [0.2, 0.25) is 0 Å². The lowest BCUT2D eigenvalue weighted by Gasteiger charge is -2.08. The van der Waals surface area contributed by atoms with Gasteiger partial charge in [0.25, 0.3) is 0 Å². The molecule has 16 heavy (non-hydrogen) atoms. The van der Waals surface area contributed by atoms with E-state index >= 15 is 0 Å². The summed E-state index contributed by atoms with van der Waals surface area (Å²) in [5.74, 6) is 0. The highest BCUT2D eigenvalue weighted by Gasteiger charge is 2.04. The zero-order valence-electron chi connectivity index (χ0n) is 8.38. The molecular weight excluding hydrogens is 381 g/mol. The van der Waals surface area contributed by atoms with E-state index in [0.29, 0.717) is 0 Å². The number of allylic oxidation sites excluding steroid dienone is 1. The molecule has 80 valence electrons. The van der Waals surface area contributed by atoms with Crippen molar-refractivity contribution < 1.29 is 0 Å². The van der Waals surface area contributed by atoms with Gasteiger partial charge in [-0.05, 0) is 47.2 Å². The molecule has 0 heterocycles. The molecule has 0 radical (unpaired) electrons. The molecule has 1 rings (SSSR count). The number of nitrogens with zero attached hydrogens (tertiary/aromatic N) is 2. The minimum atomic E-state index is 0.0522. The summed E-state index contributed by atoms with van der Waals surface area (Å²) in [6.07, 6.45) is 1.41. The average Bonchev–Trinajstić information content (AvgIpc) is 2.30. The van der Waals surface area contributed by atoms with E-state index in [0.717, 1.165) is 19.3 Å². The summed E-state index contributed by atoms with van der Waals surface area (Å²) in [6, 6.07) is 7.40. The second kappa shape index (κ2) is 5.88. The zero-order chi connectivity index (χ0) is 12.1. The number of nitrogens with one attached hydrogen (secondary N) is 1. The molecule has 0 unspecified atom stereocenters. The molecule has 0 atom stereocenters. The summed E-state index contributed by atoms with van der Waals surface area (Å²) < 4.78 is 2.09. The summed E-state index contributed by atoms with van der Waals surface area (Å²) in [5.41, 5.74) is 2.05. The molecule has 0 aromatic heterocycles. The predicted molar refractivity (Wildman–Crippen MR) is 74.5 cm³/mol. The van der Waals surface area contributed by atoms with E-state index < -0.39 is 0 Å². The van der Waals surface area contributed by atoms with Crippen LogP contribution in [0.3, 0.4) is 0 Å². The molecule has 3 nitrogen and oxygen atoms in total. The van der Waals surface area contributed by atoms with Gasteiger partial charge in [0.1, 0.15) is 17.7 Å². The highest BCUT2D eigenvalue weighted by molar-refractivity contribution is 14.1. The van der Waals surface area contributed by atoms with Crippen LogP contribution >= 0.6 is 38.5 Å². The molecule has 0 spiro atoms. The molecule has 1 aromatic rings. The van der Waals surface area contributed by atoms with E-state index in [9.17, 15) is 0 Å². The SMILES string of the molecule is Cc1c(Br)ccc(NC=C(C#N)C#N)c1I. The van der Waals surface area contributed by atoms with Crippen LogP contribution in [0.25, 0.3) is 0 Å². The first kappa shape index (κ1) is 13.0. The largest absolute Gasteiger partial charge is 0.359 e. The predicted octanol–water partition coefficient (Wildman–Crippen LogP) is 3.71. The highest BCUT2D eigenvalue weighted by Crippen LogP contribution is 2.28. The second-order valence-electron chi connectivity index (χ2n) is 2.96. The number of nitriles is 2. The molecule has 0 bridgehead atoms. The van der Waals surface area contributed by atoms with E-state index in [1.165, 1.54) is 6.20 Å². The van der Waals surface area contributed by atoms with Crippen LogP contribution < -0.4 is 5.32 Å². The van der Waals surface area contributed by atoms with Gasteiger partial charge in [0, 0.05) is 14.2 Å². The van der Waals surface area contributed by atoms with E-state index in [-0.39, 0.29) is 5.57 Å². The normalized spacial score (nSPS) is 8.81. The van der Waals surface area contributed by atoms with Crippen LogP contribution in [-0.2, 0) is 0 Å². The van der Waals surface area contributed by atoms with Gasteiger partial charge in [0.15, 0.2) is 0 Å². The van der Waals surface area contributed by atoms with Gasteiger partial charge < -0.3 is 5.32 Å². The Hall–Kier alpha value is -1.05. The van der Waals surface area contributed by atoms with Gasteiger partial charge in [-0.15, -0.1) is 0 Å². The van der Waals surface area contributed by atoms with Crippen LogP contribution in [0.4, 0.5) is 5.69 Å². The lowest BCUT2D eigenvalue weighted by Crippen LogP contribution is -1.95. The summed E-state index contributed by atoms with van der Waals surface area (Å²) in [6.45, 7) is 2.00. The lowest BCUT2D eigenvalue weighted by atomic mass is 10.2. The van der Waals surface area contributed by atoms with Crippen LogP contribution in [0.5, 0.6) is 0 Å². The van der Waals surface area contributed by atoms with Crippen molar-refractivity contribution in [2.75, 3.05) is 5.32 Å². The van der Waals surface area contributed by atoms with Crippen molar-refractivity contribution in [3.63, 3.8) is 0 Å². The van der Waals surface area contributed by atoms with Crippen molar-refractivity contribution in [1.82, 2.24) is 0 Å².